The van der Waals surface area contributed by atoms with E-state index in [4.69, 9.17) is 9.72 Å². The number of imidazole rings is 1. The largest absolute Gasteiger partial charge is 0.458 e. The summed E-state index contributed by atoms with van der Waals surface area (Å²) >= 11 is 0. The molecular weight excluding hydrogens is 877 g/mol. The molecule has 1 unspecified atom stereocenters. The molecule has 5 heteroatoms. The van der Waals surface area contributed by atoms with Crippen LogP contribution in [0.1, 0.15) is 84.9 Å². The normalized spacial score (nSPS) is 12.6. The summed E-state index contributed by atoms with van der Waals surface area (Å²) in [6, 6.07) is 69.9. The van der Waals surface area contributed by atoms with Gasteiger partial charge in [0.25, 0.3) is 6.33 Å². The molecule has 0 radical (unpaired) electrons. The SMILES string of the molecule is CC(C)C(C)c1ccnc(-n2c3ccccc3c3ccc(Oc4cccc(-n5[c-][n+](-c6c(-c7ccccc7)cccc6-c6cc(C(C)(C)C)cc(C(C)(C)C)c6)c6cc(-c7ccccc7)ccc65)c4)cc32)c1. The number of para-hydroxylation sites is 2. The van der Waals surface area contributed by atoms with Crippen molar-refractivity contribution in [2.24, 2.45) is 5.92 Å². The third kappa shape index (κ3) is 8.68. The van der Waals surface area contributed by atoms with E-state index in [1.807, 2.05) is 12.3 Å². The second kappa shape index (κ2) is 18.3. The Hall–Kier alpha value is -8.02. The average molecular weight is 939 g/mol. The van der Waals surface area contributed by atoms with Crippen molar-refractivity contribution in [2.75, 3.05) is 0 Å². The fourth-order valence-corrected chi connectivity index (χ4v) is 10.1. The van der Waals surface area contributed by atoms with Crippen LogP contribution >= 0.6 is 0 Å². The van der Waals surface area contributed by atoms with Crippen molar-refractivity contribution in [2.45, 2.75) is 79.1 Å². The highest BCUT2D eigenvalue weighted by molar-refractivity contribution is 6.09. The highest BCUT2D eigenvalue weighted by atomic mass is 16.5. The Kier molecular flexibility index (Phi) is 11.8. The summed E-state index contributed by atoms with van der Waals surface area (Å²) in [5.41, 5.74) is 16.9. The van der Waals surface area contributed by atoms with Crippen LogP contribution in [0.2, 0.25) is 0 Å². The van der Waals surface area contributed by atoms with Gasteiger partial charge in [-0.2, -0.15) is 0 Å². The third-order valence-electron chi connectivity index (χ3n) is 14.6. The Morgan fingerprint density at radius 1 is 0.500 bits per heavy atom. The van der Waals surface area contributed by atoms with E-state index in [1.165, 1.54) is 27.6 Å². The van der Waals surface area contributed by atoms with Crippen LogP contribution in [0.5, 0.6) is 11.5 Å². The van der Waals surface area contributed by atoms with Crippen LogP contribution in [-0.4, -0.2) is 14.1 Å². The molecule has 72 heavy (non-hydrogen) atoms. The number of benzene rings is 8. The van der Waals surface area contributed by atoms with Gasteiger partial charge in [0.2, 0.25) is 0 Å². The molecule has 3 heterocycles. The van der Waals surface area contributed by atoms with Gasteiger partial charge in [-0.15, -0.1) is 0 Å². The number of aromatic nitrogens is 4. The summed E-state index contributed by atoms with van der Waals surface area (Å²) in [6.45, 7) is 20.7. The Balaban J connectivity index is 1.08. The Bertz CT molecular complexity index is 3760. The van der Waals surface area contributed by atoms with Gasteiger partial charge < -0.3 is 4.74 Å². The molecule has 0 fully saturated rings. The number of hydrogen-bond acceptors (Lipinski definition) is 2. The number of hydrogen-bond donors (Lipinski definition) is 0. The highest BCUT2D eigenvalue weighted by Crippen LogP contribution is 2.41. The van der Waals surface area contributed by atoms with E-state index in [-0.39, 0.29) is 10.8 Å². The molecule has 0 bridgehead atoms. The van der Waals surface area contributed by atoms with Crippen LogP contribution in [0, 0.1) is 12.2 Å². The molecule has 0 aliphatic carbocycles. The summed E-state index contributed by atoms with van der Waals surface area (Å²) < 4.78 is 13.6. The van der Waals surface area contributed by atoms with Gasteiger partial charge in [-0.25, -0.2) is 4.98 Å². The first kappa shape index (κ1) is 46.4. The van der Waals surface area contributed by atoms with Gasteiger partial charge in [-0.3, -0.25) is 13.7 Å². The summed E-state index contributed by atoms with van der Waals surface area (Å²) in [5.74, 6) is 3.27. The molecule has 0 saturated carbocycles. The van der Waals surface area contributed by atoms with Gasteiger partial charge in [0.1, 0.15) is 17.3 Å². The molecule has 3 aromatic heterocycles. The summed E-state index contributed by atoms with van der Waals surface area (Å²) in [4.78, 5) is 4.94. The molecule has 0 saturated heterocycles. The van der Waals surface area contributed by atoms with Crippen LogP contribution in [0.15, 0.2) is 200 Å². The second-order valence-electron chi connectivity index (χ2n) is 21.8. The summed E-state index contributed by atoms with van der Waals surface area (Å²) in [7, 11) is 0. The van der Waals surface area contributed by atoms with Crippen LogP contribution in [0.25, 0.3) is 83.4 Å². The molecule has 0 aliphatic rings. The van der Waals surface area contributed by atoms with Crippen LogP contribution < -0.4 is 9.30 Å². The minimum absolute atomic E-state index is 0.0560. The van der Waals surface area contributed by atoms with Gasteiger partial charge >= 0.3 is 0 Å². The topological polar surface area (TPSA) is 35.9 Å². The van der Waals surface area contributed by atoms with Gasteiger partial charge in [0.15, 0.2) is 0 Å². The van der Waals surface area contributed by atoms with E-state index in [9.17, 15) is 0 Å². The van der Waals surface area contributed by atoms with Gasteiger partial charge in [-0.05, 0) is 127 Å². The monoisotopic (exact) mass is 938 g/mol. The first-order chi connectivity index (χ1) is 34.7. The first-order valence-corrected chi connectivity index (χ1v) is 25.4. The van der Waals surface area contributed by atoms with E-state index in [0.717, 1.165) is 84.0 Å². The number of nitrogens with zero attached hydrogens (tertiary/aromatic N) is 4. The molecular formula is C67H62N4O. The smallest absolute Gasteiger partial charge is 0.269 e. The van der Waals surface area contributed by atoms with Crippen molar-refractivity contribution in [3.63, 3.8) is 0 Å². The van der Waals surface area contributed by atoms with Crippen molar-refractivity contribution in [3.8, 4) is 62.1 Å². The Morgan fingerprint density at radius 2 is 1.14 bits per heavy atom. The minimum atomic E-state index is -0.0560. The van der Waals surface area contributed by atoms with Crippen molar-refractivity contribution in [1.29, 1.82) is 0 Å². The van der Waals surface area contributed by atoms with Crippen molar-refractivity contribution in [1.82, 2.24) is 14.1 Å². The zero-order chi connectivity index (χ0) is 49.9. The fraction of sp³-hybridized carbons (Fsp3) is 0.194. The Labute approximate surface area is 424 Å². The lowest BCUT2D eigenvalue weighted by Crippen LogP contribution is -2.31. The van der Waals surface area contributed by atoms with Crippen molar-refractivity contribution >= 4 is 32.8 Å². The van der Waals surface area contributed by atoms with E-state index in [1.54, 1.807) is 0 Å². The maximum atomic E-state index is 6.87. The lowest BCUT2D eigenvalue weighted by atomic mass is 9.78. The zero-order valence-corrected chi connectivity index (χ0v) is 42.9. The maximum Gasteiger partial charge on any atom is 0.269 e. The molecule has 356 valence electrons. The number of pyridine rings is 1. The second-order valence-corrected chi connectivity index (χ2v) is 21.8. The molecule has 0 spiro atoms. The summed E-state index contributed by atoms with van der Waals surface area (Å²) in [6.07, 6.45) is 5.90. The predicted octanol–water partition coefficient (Wildman–Crippen LogP) is 17.3. The van der Waals surface area contributed by atoms with E-state index in [0.29, 0.717) is 11.8 Å². The Morgan fingerprint density at radius 3 is 1.85 bits per heavy atom. The van der Waals surface area contributed by atoms with Gasteiger partial charge in [0, 0.05) is 23.0 Å². The van der Waals surface area contributed by atoms with Crippen molar-refractivity contribution in [3.05, 3.63) is 223 Å². The molecule has 8 aromatic carbocycles. The molecule has 5 nitrogen and oxygen atoms in total. The fourth-order valence-electron chi connectivity index (χ4n) is 10.1. The van der Waals surface area contributed by atoms with Crippen molar-refractivity contribution < 1.29 is 9.30 Å². The number of fused-ring (bicyclic) bond motifs is 4. The highest BCUT2D eigenvalue weighted by Gasteiger charge is 2.25. The minimum Gasteiger partial charge on any atom is -0.458 e. The lowest BCUT2D eigenvalue weighted by molar-refractivity contribution is -0.571. The molecule has 11 aromatic rings. The first-order valence-electron chi connectivity index (χ1n) is 25.4. The molecule has 11 rings (SSSR count). The average Bonchev–Trinajstić information content (AvgIpc) is 3.93. The number of ether oxygens (including phenoxy) is 1. The molecule has 0 aliphatic heterocycles. The molecule has 0 N–H and O–H groups in total. The number of rotatable bonds is 10. The summed E-state index contributed by atoms with van der Waals surface area (Å²) in [5, 5.41) is 2.33. The lowest BCUT2D eigenvalue weighted by Gasteiger charge is -2.27. The molecule has 1 atom stereocenters. The van der Waals surface area contributed by atoms with Crippen LogP contribution in [0.4, 0.5) is 0 Å². The standard InChI is InChI=1S/C67H62N4O/c1-44(2)45(3)48-34-35-68-64(39-48)71-60-29-17-16-26-58(60)59-32-31-55(42-62(59)71)72-54-25-18-24-53(41-54)69-43-70(63-38-49(30-33-61(63)69)46-20-12-10-13-21-46)65-56(47-22-14-11-15-23-47)27-19-28-57(65)50-36-51(66(4,5)6)40-52(37-50)67(7,8)9/h10-42,44-45H,1-9H3. The maximum absolute atomic E-state index is 6.87. The van der Waals surface area contributed by atoms with Crippen LogP contribution in [0.3, 0.4) is 0 Å². The van der Waals surface area contributed by atoms with E-state index in [2.05, 4.69) is 270 Å². The quantitative estimate of drug-likeness (QED) is 0.101. The van der Waals surface area contributed by atoms with E-state index < -0.39 is 0 Å². The van der Waals surface area contributed by atoms with Crippen LogP contribution in [-0.2, 0) is 10.8 Å². The predicted molar refractivity (Wildman–Crippen MR) is 299 cm³/mol. The molecule has 0 amide bonds. The van der Waals surface area contributed by atoms with Gasteiger partial charge in [0.05, 0.1) is 33.4 Å². The van der Waals surface area contributed by atoms with E-state index >= 15 is 0 Å². The zero-order valence-electron chi connectivity index (χ0n) is 42.9. The van der Waals surface area contributed by atoms with Gasteiger partial charge in [-0.1, -0.05) is 196 Å². The third-order valence-corrected chi connectivity index (χ3v) is 14.6.